The number of carboxylic acid groups (broad SMARTS) is 1. The maximum absolute atomic E-state index is 11.7. The molecule has 1 atom stereocenters. The second-order valence-corrected chi connectivity index (χ2v) is 4.14. The van der Waals surface area contributed by atoms with Gasteiger partial charge in [0.2, 0.25) is 5.91 Å². The number of benzene rings is 1. The summed E-state index contributed by atoms with van der Waals surface area (Å²) in [6.07, 6.45) is 1.76. The summed E-state index contributed by atoms with van der Waals surface area (Å²) >= 11 is 0. The van der Waals surface area contributed by atoms with E-state index >= 15 is 0 Å². The fourth-order valence-corrected chi connectivity index (χ4v) is 1.86. The second kappa shape index (κ2) is 5.53. The van der Waals surface area contributed by atoms with Crippen LogP contribution in [-0.2, 0) is 16.1 Å². The molecule has 0 saturated carbocycles. The van der Waals surface area contributed by atoms with Crippen LogP contribution in [0.15, 0.2) is 36.5 Å². The molecule has 1 unspecified atom stereocenters. The minimum absolute atomic E-state index is 0.0112. The predicted octanol–water partition coefficient (Wildman–Crippen LogP) is 0.203. The Morgan fingerprint density at radius 2 is 2.00 bits per heavy atom. The molecule has 6 nitrogen and oxygen atoms in total. The van der Waals surface area contributed by atoms with Gasteiger partial charge in [0.15, 0.2) is 0 Å². The number of carboxylic acids is 1. The first-order valence-corrected chi connectivity index (χ1v) is 5.78. The van der Waals surface area contributed by atoms with Crippen LogP contribution in [0.4, 0.5) is 0 Å². The van der Waals surface area contributed by atoms with Gasteiger partial charge in [0.25, 0.3) is 0 Å². The number of nitrogens with zero attached hydrogens (tertiary/aromatic N) is 1. The van der Waals surface area contributed by atoms with Gasteiger partial charge in [-0.2, -0.15) is 0 Å². The van der Waals surface area contributed by atoms with E-state index in [1.165, 1.54) is 0 Å². The number of carbonyl (C=O) groups excluding carboxylic acids is 1. The van der Waals surface area contributed by atoms with Gasteiger partial charge in [-0.25, -0.2) is 4.79 Å². The van der Waals surface area contributed by atoms with E-state index in [9.17, 15) is 9.59 Å². The lowest BCUT2D eigenvalue weighted by Gasteiger charge is -2.12. The van der Waals surface area contributed by atoms with Crippen LogP contribution in [0.25, 0.3) is 10.9 Å². The van der Waals surface area contributed by atoms with Crippen molar-refractivity contribution in [1.82, 2.24) is 9.88 Å². The third-order valence-electron chi connectivity index (χ3n) is 2.81. The van der Waals surface area contributed by atoms with Crippen LogP contribution in [0.5, 0.6) is 0 Å². The Labute approximate surface area is 109 Å². The number of rotatable bonds is 5. The SMILES string of the molecule is O=C(Cn1ccc2ccccc21)NC(CO)C(=O)O. The van der Waals surface area contributed by atoms with Crippen LogP contribution >= 0.6 is 0 Å². The summed E-state index contributed by atoms with van der Waals surface area (Å²) in [5.41, 5.74) is 0.897. The third-order valence-corrected chi connectivity index (χ3v) is 2.81. The molecule has 0 saturated heterocycles. The molecule has 19 heavy (non-hydrogen) atoms. The lowest BCUT2D eigenvalue weighted by Crippen LogP contribution is -2.44. The van der Waals surface area contributed by atoms with Crippen molar-refractivity contribution in [3.8, 4) is 0 Å². The largest absolute Gasteiger partial charge is 0.480 e. The molecule has 100 valence electrons. The molecule has 0 radical (unpaired) electrons. The van der Waals surface area contributed by atoms with E-state index in [4.69, 9.17) is 10.2 Å². The number of carbonyl (C=O) groups is 2. The fraction of sp³-hybridized carbons (Fsp3) is 0.231. The number of amides is 1. The molecule has 0 aliphatic carbocycles. The van der Waals surface area contributed by atoms with Crippen LogP contribution in [0, 0.1) is 0 Å². The minimum Gasteiger partial charge on any atom is -0.480 e. The zero-order valence-corrected chi connectivity index (χ0v) is 10.1. The average molecular weight is 262 g/mol. The Bertz CT molecular complexity index is 605. The number of aromatic nitrogens is 1. The number of fused-ring (bicyclic) bond motifs is 1. The maximum atomic E-state index is 11.7. The number of hydrogen-bond acceptors (Lipinski definition) is 3. The van der Waals surface area contributed by atoms with Gasteiger partial charge in [-0.1, -0.05) is 18.2 Å². The molecule has 1 amide bonds. The van der Waals surface area contributed by atoms with Crippen molar-refractivity contribution in [2.45, 2.75) is 12.6 Å². The Kier molecular flexibility index (Phi) is 3.82. The third kappa shape index (κ3) is 2.92. The van der Waals surface area contributed by atoms with Crippen molar-refractivity contribution in [3.05, 3.63) is 36.5 Å². The molecule has 2 aromatic rings. The van der Waals surface area contributed by atoms with E-state index < -0.39 is 24.5 Å². The Morgan fingerprint density at radius 3 is 2.68 bits per heavy atom. The first-order chi connectivity index (χ1) is 9.11. The van der Waals surface area contributed by atoms with Crippen molar-refractivity contribution in [3.63, 3.8) is 0 Å². The molecule has 0 aliphatic heterocycles. The molecule has 0 aliphatic rings. The quantitative estimate of drug-likeness (QED) is 0.718. The van der Waals surface area contributed by atoms with Crippen LogP contribution in [-0.4, -0.2) is 39.3 Å². The van der Waals surface area contributed by atoms with E-state index in [0.29, 0.717) is 0 Å². The number of hydrogen-bond donors (Lipinski definition) is 3. The van der Waals surface area contributed by atoms with Gasteiger partial charge in [0.1, 0.15) is 12.6 Å². The summed E-state index contributed by atoms with van der Waals surface area (Å²) in [6.45, 7) is -0.620. The van der Waals surface area contributed by atoms with Crippen LogP contribution in [0.2, 0.25) is 0 Å². The van der Waals surface area contributed by atoms with Gasteiger partial charge >= 0.3 is 5.97 Å². The molecule has 6 heteroatoms. The standard InChI is InChI=1S/C13H14N2O4/c16-8-10(13(18)19)14-12(17)7-15-6-5-9-3-1-2-4-11(9)15/h1-6,10,16H,7-8H2,(H,14,17)(H,18,19). The smallest absolute Gasteiger partial charge is 0.328 e. The van der Waals surface area contributed by atoms with Crippen LogP contribution < -0.4 is 5.32 Å². The Hall–Kier alpha value is -2.34. The molecule has 1 heterocycles. The summed E-state index contributed by atoms with van der Waals surface area (Å²) in [7, 11) is 0. The summed E-state index contributed by atoms with van der Waals surface area (Å²) in [4.78, 5) is 22.4. The van der Waals surface area contributed by atoms with Crippen molar-refractivity contribution >= 4 is 22.8 Å². The molecule has 1 aromatic carbocycles. The molecular weight excluding hydrogens is 248 g/mol. The monoisotopic (exact) mass is 262 g/mol. The Morgan fingerprint density at radius 1 is 1.26 bits per heavy atom. The lowest BCUT2D eigenvalue weighted by molar-refractivity contribution is -0.143. The number of para-hydroxylation sites is 1. The van der Waals surface area contributed by atoms with E-state index in [-0.39, 0.29) is 6.54 Å². The van der Waals surface area contributed by atoms with Crippen molar-refractivity contribution < 1.29 is 19.8 Å². The molecule has 2 rings (SSSR count). The molecule has 1 aromatic heterocycles. The molecule has 0 fully saturated rings. The molecule has 0 bridgehead atoms. The summed E-state index contributed by atoms with van der Waals surface area (Å²) in [5.74, 6) is -1.71. The van der Waals surface area contributed by atoms with Crippen LogP contribution in [0.1, 0.15) is 0 Å². The van der Waals surface area contributed by atoms with E-state index in [1.807, 2.05) is 30.3 Å². The van der Waals surface area contributed by atoms with Gasteiger partial charge in [-0.3, -0.25) is 4.79 Å². The van der Waals surface area contributed by atoms with E-state index in [1.54, 1.807) is 10.8 Å². The van der Waals surface area contributed by atoms with E-state index in [2.05, 4.69) is 5.32 Å². The molecule has 0 spiro atoms. The van der Waals surface area contributed by atoms with Gasteiger partial charge in [0, 0.05) is 11.7 Å². The number of aliphatic hydroxyl groups excluding tert-OH is 1. The fourth-order valence-electron chi connectivity index (χ4n) is 1.86. The summed E-state index contributed by atoms with van der Waals surface area (Å²) in [5, 5.41) is 20.8. The first kappa shape index (κ1) is 13.1. The summed E-state index contributed by atoms with van der Waals surface area (Å²) in [6, 6.07) is 8.18. The number of aliphatic hydroxyl groups is 1. The molecule has 3 N–H and O–H groups in total. The number of aliphatic carboxylic acids is 1. The van der Waals surface area contributed by atoms with E-state index in [0.717, 1.165) is 10.9 Å². The lowest BCUT2D eigenvalue weighted by atomic mass is 10.2. The zero-order chi connectivity index (χ0) is 13.8. The number of nitrogens with one attached hydrogen (secondary N) is 1. The Balaban J connectivity index is 2.09. The maximum Gasteiger partial charge on any atom is 0.328 e. The predicted molar refractivity (Wildman–Crippen MR) is 68.6 cm³/mol. The highest BCUT2D eigenvalue weighted by atomic mass is 16.4. The highest BCUT2D eigenvalue weighted by molar-refractivity contribution is 5.86. The zero-order valence-electron chi connectivity index (χ0n) is 10.1. The van der Waals surface area contributed by atoms with Crippen molar-refractivity contribution in [2.24, 2.45) is 0 Å². The first-order valence-electron chi connectivity index (χ1n) is 5.78. The summed E-state index contributed by atoms with van der Waals surface area (Å²) < 4.78 is 1.72. The minimum atomic E-state index is -1.27. The topological polar surface area (TPSA) is 91.6 Å². The van der Waals surface area contributed by atoms with Crippen molar-refractivity contribution in [1.29, 1.82) is 0 Å². The van der Waals surface area contributed by atoms with Gasteiger partial charge in [-0.15, -0.1) is 0 Å². The van der Waals surface area contributed by atoms with Gasteiger partial charge in [-0.05, 0) is 17.5 Å². The van der Waals surface area contributed by atoms with Gasteiger partial charge < -0.3 is 20.1 Å². The highest BCUT2D eigenvalue weighted by Gasteiger charge is 2.18. The average Bonchev–Trinajstić information content (AvgIpc) is 2.79. The highest BCUT2D eigenvalue weighted by Crippen LogP contribution is 2.14. The van der Waals surface area contributed by atoms with Crippen molar-refractivity contribution in [2.75, 3.05) is 6.61 Å². The second-order valence-electron chi connectivity index (χ2n) is 4.14. The normalized spacial score (nSPS) is 12.3. The molecular formula is C13H14N2O4. The van der Waals surface area contributed by atoms with Gasteiger partial charge in [0.05, 0.1) is 6.61 Å². The van der Waals surface area contributed by atoms with Crippen LogP contribution in [0.3, 0.4) is 0 Å².